The minimum atomic E-state index is -0.694. The Balaban J connectivity index is 1.78. The normalized spacial score (nSPS) is 10.6. The van der Waals surface area contributed by atoms with Gasteiger partial charge in [0.25, 0.3) is 5.91 Å². The van der Waals surface area contributed by atoms with Crippen molar-refractivity contribution in [2.45, 2.75) is 26.2 Å². The van der Waals surface area contributed by atoms with Crippen molar-refractivity contribution < 1.29 is 19.1 Å². The van der Waals surface area contributed by atoms with Crippen molar-refractivity contribution in [1.82, 2.24) is 0 Å². The summed E-state index contributed by atoms with van der Waals surface area (Å²) < 4.78 is 10.1. The molecule has 0 aliphatic carbocycles. The number of benzene rings is 2. The molecule has 0 aliphatic heterocycles. The first-order valence-electron chi connectivity index (χ1n) is 8.47. The Morgan fingerprint density at radius 2 is 1.70 bits per heavy atom. The highest BCUT2D eigenvalue weighted by molar-refractivity contribution is 5.92. The maximum atomic E-state index is 11.9. The number of rotatable bonds is 6. The molecule has 1 amide bonds. The molecule has 0 saturated carbocycles. The van der Waals surface area contributed by atoms with Crippen LogP contribution in [0.15, 0.2) is 48.5 Å². The van der Waals surface area contributed by atoms with Crippen molar-refractivity contribution in [1.29, 1.82) is 5.26 Å². The molecule has 6 nitrogen and oxygen atoms in total. The third kappa shape index (κ3) is 6.15. The highest BCUT2D eigenvalue weighted by atomic mass is 16.6. The second-order valence-corrected chi connectivity index (χ2v) is 6.93. The number of hydrogen-bond donors (Lipinski definition) is 1. The van der Waals surface area contributed by atoms with Crippen LogP contribution < -0.4 is 10.1 Å². The fourth-order valence-corrected chi connectivity index (χ4v) is 2.26. The molecule has 2 rings (SSSR count). The lowest BCUT2D eigenvalue weighted by Crippen LogP contribution is -2.23. The molecule has 2 aromatic rings. The number of esters is 1. The number of nitrogens with zero attached hydrogens (tertiary/aromatic N) is 1. The van der Waals surface area contributed by atoms with Gasteiger partial charge in [0.1, 0.15) is 11.8 Å². The summed E-state index contributed by atoms with van der Waals surface area (Å²) in [7, 11) is 0. The van der Waals surface area contributed by atoms with E-state index in [2.05, 4.69) is 26.1 Å². The van der Waals surface area contributed by atoms with Gasteiger partial charge in [-0.2, -0.15) is 5.26 Å². The van der Waals surface area contributed by atoms with Crippen molar-refractivity contribution in [3.8, 4) is 11.8 Å². The van der Waals surface area contributed by atoms with E-state index in [1.54, 1.807) is 24.3 Å². The third-order valence-electron chi connectivity index (χ3n) is 3.75. The fraction of sp³-hybridized carbons (Fsp3) is 0.286. The number of para-hydroxylation sites is 1. The van der Waals surface area contributed by atoms with Crippen molar-refractivity contribution in [3.63, 3.8) is 0 Å². The molecule has 0 fully saturated rings. The van der Waals surface area contributed by atoms with E-state index >= 15 is 0 Å². The summed E-state index contributed by atoms with van der Waals surface area (Å²) in [6.07, 6.45) is 0. The van der Waals surface area contributed by atoms with E-state index in [0.29, 0.717) is 17.0 Å². The average molecular weight is 366 g/mol. The molecular weight excluding hydrogens is 344 g/mol. The zero-order valence-electron chi connectivity index (χ0n) is 15.6. The van der Waals surface area contributed by atoms with E-state index in [0.717, 1.165) is 5.56 Å². The van der Waals surface area contributed by atoms with E-state index in [1.165, 1.54) is 0 Å². The molecule has 27 heavy (non-hydrogen) atoms. The quantitative estimate of drug-likeness (QED) is 0.792. The number of ether oxygens (including phenoxy) is 2. The third-order valence-corrected chi connectivity index (χ3v) is 3.75. The molecule has 6 heteroatoms. The number of nitriles is 1. The van der Waals surface area contributed by atoms with Crippen LogP contribution in [-0.4, -0.2) is 25.1 Å². The van der Waals surface area contributed by atoms with Crippen molar-refractivity contribution >= 4 is 17.6 Å². The molecule has 0 aliphatic rings. The molecule has 0 aromatic heterocycles. The first kappa shape index (κ1) is 20.0. The van der Waals surface area contributed by atoms with Gasteiger partial charge in [-0.25, -0.2) is 4.79 Å². The largest absolute Gasteiger partial charge is 0.481 e. The van der Waals surface area contributed by atoms with Gasteiger partial charge in [0.2, 0.25) is 0 Å². The fourth-order valence-electron chi connectivity index (χ4n) is 2.26. The van der Waals surface area contributed by atoms with Crippen LogP contribution in [0.25, 0.3) is 0 Å². The number of hydrogen-bond acceptors (Lipinski definition) is 5. The van der Waals surface area contributed by atoms with Gasteiger partial charge < -0.3 is 14.8 Å². The average Bonchev–Trinajstić information content (AvgIpc) is 2.64. The van der Waals surface area contributed by atoms with Gasteiger partial charge in [-0.05, 0) is 35.2 Å². The molecule has 1 N–H and O–H groups in total. The second kappa shape index (κ2) is 8.86. The number of anilines is 1. The second-order valence-electron chi connectivity index (χ2n) is 6.93. The van der Waals surface area contributed by atoms with Crippen molar-refractivity contribution in [2.24, 2.45) is 0 Å². The minimum absolute atomic E-state index is 0.0300. The summed E-state index contributed by atoms with van der Waals surface area (Å²) in [4.78, 5) is 23.6. The van der Waals surface area contributed by atoms with Crippen LogP contribution in [0, 0.1) is 11.3 Å². The number of nitrogens with one attached hydrogen (secondary N) is 1. The first-order chi connectivity index (χ1) is 12.8. The predicted octanol–water partition coefficient (Wildman–Crippen LogP) is 3.42. The molecule has 0 unspecified atom stereocenters. The Kier molecular flexibility index (Phi) is 6.56. The van der Waals surface area contributed by atoms with Gasteiger partial charge in [0.05, 0.1) is 5.56 Å². The van der Waals surface area contributed by atoms with Gasteiger partial charge in [-0.15, -0.1) is 0 Å². The Hall–Kier alpha value is -3.33. The van der Waals surface area contributed by atoms with Crippen molar-refractivity contribution in [3.05, 3.63) is 59.7 Å². The van der Waals surface area contributed by atoms with Crippen LogP contribution in [0.2, 0.25) is 0 Å². The van der Waals surface area contributed by atoms with Gasteiger partial charge >= 0.3 is 5.97 Å². The molecule has 2 aromatic carbocycles. The van der Waals surface area contributed by atoms with Crippen LogP contribution >= 0.6 is 0 Å². The predicted molar refractivity (Wildman–Crippen MR) is 101 cm³/mol. The molecule has 140 valence electrons. The molecule has 0 atom stereocenters. The highest BCUT2D eigenvalue weighted by Gasteiger charge is 2.14. The maximum Gasteiger partial charge on any atom is 0.344 e. The smallest absolute Gasteiger partial charge is 0.344 e. The van der Waals surface area contributed by atoms with E-state index < -0.39 is 18.5 Å². The molecule has 0 radical (unpaired) electrons. The minimum Gasteiger partial charge on any atom is -0.481 e. The topological polar surface area (TPSA) is 88.4 Å². The van der Waals surface area contributed by atoms with Gasteiger partial charge in [0, 0.05) is 5.69 Å². The molecule has 0 bridgehead atoms. The molecule has 0 spiro atoms. The van der Waals surface area contributed by atoms with Crippen molar-refractivity contribution in [2.75, 3.05) is 18.5 Å². The first-order valence-corrected chi connectivity index (χ1v) is 8.47. The standard InChI is InChI=1S/C21H22N2O4/c1-21(2,3)16-8-10-17(11-9-16)23-19(24)13-27-20(25)14-26-18-7-5-4-6-15(18)12-22/h4-11H,13-14H2,1-3H3,(H,23,24). The van der Waals surface area contributed by atoms with E-state index in [9.17, 15) is 9.59 Å². The van der Waals surface area contributed by atoms with Gasteiger partial charge in [0.15, 0.2) is 13.2 Å². The molecule has 0 heterocycles. The molecule has 0 saturated heterocycles. The summed E-state index contributed by atoms with van der Waals surface area (Å²) >= 11 is 0. The van der Waals surface area contributed by atoms with Crippen LogP contribution in [0.4, 0.5) is 5.69 Å². The van der Waals surface area contributed by atoms with Crippen LogP contribution in [-0.2, 0) is 19.7 Å². The van der Waals surface area contributed by atoms with Crippen LogP contribution in [0.1, 0.15) is 31.9 Å². The summed E-state index contributed by atoms with van der Waals surface area (Å²) in [5.74, 6) is -0.842. The highest BCUT2D eigenvalue weighted by Crippen LogP contribution is 2.23. The summed E-state index contributed by atoms with van der Waals surface area (Å²) in [6, 6.07) is 16.0. The SMILES string of the molecule is CC(C)(C)c1ccc(NC(=O)COC(=O)COc2ccccc2C#N)cc1. The van der Waals surface area contributed by atoms with E-state index in [-0.39, 0.29) is 12.0 Å². The van der Waals surface area contributed by atoms with E-state index in [4.69, 9.17) is 14.7 Å². The number of carbonyl (C=O) groups excluding carboxylic acids is 2. The van der Waals surface area contributed by atoms with Gasteiger partial charge in [-0.1, -0.05) is 45.0 Å². The van der Waals surface area contributed by atoms with Crippen LogP contribution in [0.5, 0.6) is 5.75 Å². The summed E-state index contributed by atoms with van der Waals surface area (Å²) in [5.41, 5.74) is 2.13. The lowest BCUT2D eigenvalue weighted by atomic mass is 9.87. The van der Waals surface area contributed by atoms with Crippen LogP contribution in [0.3, 0.4) is 0 Å². The zero-order chi connectivity index (χ0) is 19.9. The summed E-state index contributed by atoms with van der Waals surface area (Å²) in [6.45, 7) is 5.53. The number of amides is 1. The molecular formula is C21H22N2O4. The van der Waals surface area contributed by atoms with E-state index in [1.807, 2.05) is 30.3 Å². The summed E-state index contributed by atoms with van der Waals surface area (Å²) in [5, 5.41) is 11.6. The monoisotopic (exact) mass is 366 g/mol. The maximum absolute atomic E-state index is 11.9. The Labute approximate surface area is 158 Å². The van der Waals surface area contributed by atoms with Gasteiger partial charge in [-0.3, -0.25) is 4.79 Å². The lowest BCUT2D eigenvalue weighted by molar-refractivity contribution is -0.149. The lowest BCUT2D eigenvalue weighted by Gasteiger charge is -2.19. The zero-order valence-corrected chi connectivity index (χ0v) is 15.6. The Morgan fingerprint density at radius 1 is 1.04 bits per heavy atom. The number of carbonyl (C=O) groups is 2. The Morgan fingerprint density at radius 3 is 2.33 bits per heavy atom. The Bertz CT molecular complexity index is 846.